The first-order valence-electron chi connectivity index (χ1n) is 5.66. The molecule has 4 nitrogen and oxygen atoms in total. The first-order chi connectivity index (χ1) is 8.29. The van der Waals surface area contributed by atoms with Gasteiger partial charge in [0.05, 0.1) is 0 Å². The Hall–Kier alpha value is -1.46. The first kappa shape index (κ1) is 12.0. The molecule has 0 spiro atoms. The van der Waals surface area contributed by atoms with Crippen molar-refractivity contribution in [2.75, 3.05) is 11.9 Å². The number of hydrogen-bond acceptors (Lipinski definition) is 5. The summed E-state index contributed by atoms with van der Waals surface area (Å²) in [5, 5.41) is 4.06. The normalized spacial score (nSPS) is 12.4. The third-order valence-corrected chi connectivity index (χ3v) is 3.20. The maximum atomic E-state index is 6.08. The molecule has 0 aliphatic rings. The molecule has 1 aromatic heterocycles. The molecule has 2 rings (SSSR count). The van der Waals surface area contributed by atoms with Gasteiger partial charge in [0, 0.05) is 30.5 Å². The highest BCUT2D eigenvalue weighted by Crippen LogP contribution is 2.14. The van der Waals surface area contributed by atoms with Crippen molar-refractivity contribution in [3.8, 4) is 0 Å². The molecule has 5 heteroatoms. The molecule has 0 amide bonds. The Labute approximate surface area is 105 Å². The topological polar surface area (TPSA) is 63.8 Å². The fourth-order valence-electron chi connectivity index (χ4n) is 1.48. The van der Waals surface area contributed by atoms with Gasteiger partial charge in [-0.05, 0) is 5.56 Å². The smallest absolute Gasteiger partial charge is 0.202 e. The summed E-state index contributed by atoms with van der Waals surface area (Å²) < 4.78 is 4.21. The monoisotopic (exact) mass is 248 g/mol. The van der Waals surface area contributed by atoms with Crippen LogP contribution in [0.4, 0.5) is 5.13 Å². The molecule has 0 bridgehead atoms. The van der Waals surface area contributed by atoms with Crippen LogP contribution in [0.2, 0.25) is 0 Å². The van der Waals surface area contributed by atoms with E-state index in [0.717, 1.165) is 22.9 Å². The van der Waals surface area contributed by atoms with Crippen molar-refractivity contribution in [1.82, 2.24) is 9.36 Å². The van der Waals surface area contributed by atoms with Crippen LogP contribution >= 0.6 is 11.5 Å². The van der Waals surface area contributed by atoms with Gasteiger partial charge < -0.3 is 11.1 Å². The molecule has 1 unspecified atom stereocenters. The molecule has 0 aliphatic carbocycles. The fourth-order valence-corrected chi connectivity index (χ4v) is 2.14. The second kappa shape index (κ2) is 5.75. The number of benzene rings is 1. The molecule has 3 N–H and O–H groups in total. The molecule has 0 radical (unpaired) electrons. The average Bonchev–Trinajstić information content (AvgIpc) is 2.85. The zero-order valence-electron chi connectivity index (χ0n) is 9.76. The van der Waals surface area contributed by atoms with Crippen LogP contribution in [0.5, 0.6) is 0 Å². The number of nitrogens with two attached hydrogens (primary N) is 1. The van der Waals surface area contributed by atoms with E-state index in [2.05, 4.69) is 14.7 Å². The predicted octanol–water partition coefficient (Wildman–Crippen LogP) is 2.21. The fraction of sp³-hybridized carbons (Fsp3) is 0.333. The van der Waals surface area contributed by atoms with Crippen molar-refractivity contribution in [3.63, 3.8) is 0 Å². The van der Waals surface area contributed by atoms with Crippen LogP contribution < -0.4 is 11.1 Å². The number of aromatic nitrogens is 2. The summed E-state index contributed by atoms with van der Waals surface area (Å²) in [5.41, 5.74) is 7.20. The van der Waals surface area contributed by atoms with Crippen molar-refractivity contribution >= 4 is 16.7 Å². The Morgan fingerprint density at radius 1 is 1.35 bits per heavy atom. The van der Waals surface area contributed by atoms with E-state index in [-0.39, 0.29) is 6.04 Å². The van der Waals surface area contributed by atoms with E-state index in [4.69, 9.17) is 5.73 Å². The van der Waals surface area contributed by atoms with Gasteiger partial charge >= 0.3 is 0 Å². The lowest BCUT2D eigenvalue weighted by molar-refractivity contribution is 0.763. The van der Waals surface area contributed by atoms with Crippen LogP contribution in [0.25, 0.3) is 0 Å². The number of aryl methyl sites for hydroxylation is 1. The van der Waals surface area contributed by atoms with Crippen molar-refractivity contribution in [1.29, 1.82) is 0 Å². The third kappa shape index (κ3) is 3.25. The summed E-state index contributed by atoms with van der Waals surface area (Å²) in [7, 11) is 0. The maximum absolute atomic E-state index is 6.08. The Kier molecular flexibility index (Phi) is 4.06. The van der Waals surface area contributed by atoms with Crippen molar-refractivity contribution in [3.05, 3.63) is 41.7 Å². The summed E-state index contributed by atoms with van der Waals surface area (Å²) in [6.45, 7) is 2.71. The van der Waals surface area contributed by atoms with E-state index < -0.39 is 0 Å². The lowest BCUT2D eigenvalue weighted by Gasteiger charge is -2.11. The second-order valence-corrected chi connectivity index (χ2v) is 4.52. The summed E-state index contributed by atoms with van der Waals surface area (Å²) in [5.74, 6) is 0.880. The average molecular weight is 248 g/mol. The zero-order chi connectivity index (χ0) is 12.1. The van der Waals surface area contributed by atoms with Gasteiger partial charge in [0.2, 0.25) is 5.13 Å². The van der Waals surface area contributed by atoms with E-state index in [9.17, 15) is 0 Å². The van der Waals surface area contributed by atoms with Crippen LogP contribution in [0.15, 0.2) is 30.3 Å². The van der Waals surface area contributed by atoms with Crippen molar-refractivity contribution in [2.45, 2.75) is 19.4 Å². The van der Waals surface area contributed by atoms with Crippen LogP contribution in [0.1, 0.15) is 24.4 Å². The number of nitrogens with zero attached hydrogens (tertiary/aromatic N) is 2. The third-order valence-electron chi connectivity index (χ3n) is 2.49. The molecule has 1 atom stereocenters. The summed E-state index contributed by atoms with van der Waals surface area (Å²) in [6.07, 6.45) is 0.864. The minimum atomic E-state index is -0.0230. The molecule has 0 saturated carbocycles. The maximum Gasteiger partial charge on any atom is 0.202 e. The highest BCUT2D eigenvalue weighted by atomic mass is 32.1. The van der Waals surface area contributed by atoms with Crippen LogP contribution in [0.3, 0.4) is 0 Å². The van der Waals surface area contributed by atoms with Crippen molar-refractivity contribution < 1.29 is 0 Å². The SMILES string of the molecule is CCc1nsc(NCC(N)c2ccccc2)n1. The number of nitrogens with one attached hydrogen (secondary N) is 1. The molecule has 0 saturated heterocycles. The minimum absolute atomic E-state index is 0.0230. The Balaban J connectivity index is 1.90. The lowest BCUT2D eigenvalue weighted by Crippen LogP contribution is -2.20. The summed E-state index contributed by atoms with van der Waals surface area (Å²) in [6, 6.07) is 10.0. The molecular formula is C12H16N4S. The van der Waals surface area contributed by atoms with Gasteiger partial charge in [0.25, 0.3) is 0 Å². The molecule has 1 aromatic carbocycles. The largest absolute Gasteiger partial charge is 0.358 e. The van der Waals surface area contributed by atoms with Crippen LogP contribution in [-0.2, 0) is 6.42 Å². The number of rotatable bonds is 5. The zero-order valence-corrected chi connectivity index (χ0v) is 10.6. The van der Waals surface area contributed by atoms with E-state index in [1.54, 1.807) is 0 Å². The van der Waals surface area contributed by atoms with E-state index >= 15 is 0 Å². The van der Waals surface area contributed by atoms with Gasteiger partial charge in [-0.1, -0.05) is 37.3 Å². The lowest BCUT2D eigenvalue weighted by atomic mass is 10.1. The number of anilines is 1. The predicted molar refractivity (Wildman–Crippen MR) is 71.1 cm³/mol. The highest BCUT2D eigenvalue weighted by Gasteiger charge is 2.07. The van der Waals surface area contributed by atoms with E-state index in [0.29, 0.717) is 6.54 Å². The number of hydrogen-bond donors (Lipinski definition) is 2. The van der Waals surface area contributed by atoms with Gasteiger partial charge in [-0.2, -0.15) is 4.37 Å². The molecular weight excluding hydrogens is 232 g/mol. The quantitative estimate of drug-likeness (QED) is 0.851. The first-order valence-corrected chi connectivity index (χ1v) is 6.44. The Morgan fingerprint density at radius 2 is 2.12 bits per heavy atom. The molecule has 1 heterocycles. The Morgan fingerprint density at radius 3 is 2.76 bits per heavy atom. The summed E-state index contributed by atoms with van der Waals surface area (Å²) >= 11 is 1.38. The molecule has 0 fully saturated rings. The molecule has 90 valence electrons. The molecule has 17 heavy (non-hydrogen) atoms. The standard InChI is InChI=1S/C12H16N4S/c1-2-11-15-12(17-16-11)14-8-10(13)9-6-4-3-5-7-9/h3-7,10H,2,8,13H2,1H3,(H,14,15,16). The van der Waals surface area contributed by atoms with Crippen LogP contribution in [-0.4, -0.2) is 15.9 Å². The van der Waals surface area contributed by atoms with Gasteiger partial charge in [0.1, 0.15) is 5.82 Å². The van der Waals surface area contributed by atoms with Gasteiger partial charge in [-0.25, -0.2) is 4.98 Å². The van der Waals surface area contributed by atoms with E-state index in [1.807, 2.05) is 37.3 Å². The van der Waals surface area contributed by atoms with Crippen molar-refractivity contribution in [2.24, 2.45) is 5.73 Å². The van der Waals surface area contributed by atoms with Gasteiger partial charge in [0.15, 0.2) is 0 Å². The minimum Gasteiger partial charge on any atom is -0.358 e. The summed E-state index contributed by atoms with van der Waals surface area (Å²) in [4.78, 5) is 4.34. The van der Waals surface area contributed by atoms with E-state index in [1.165, 1.54) is 11.5 Å². The highest BCUT2D eigenvalue weighted by molar-refractivity contribution is 7.09. The van der Waals surface area contributed by atoms with Crippen LogP contribution in [0, 0.1) is 0 Å². The molecule has 0 aliphatic heterocycles. The van der Waals surface area contributed by atoms with Gasteiger partial charge in [-0.15, -0.1) is 0 Å². The molecule has 2 aromatic rings. The van der Waals surface area contributed by atoms with Gasteiger partial charge in [-0.3, -0.25) is 0 Å². The second-order valence-electron chi connectivity index (χ2n) is 3.77. The Bertz CT molecular complexity index is 455.